The summed E-state index contributed by atoms with van der Waals surface area (Å²) in [6.07, 6.45) is 0. The van der Waals surface area contributed by atoms with Gasteiger partial charge < -0.3 is 20.5 Å². The molecular formula is C17H16Cl2N2O4. The highest BCUT2D eigenvalue weighted by atomic mass is 35.5. The van der Waals surface area contributed by atoms with E-state index in [4.69, 9.17) is 33.0 Å². The molecule has 0 aliphatic heterocycles. The SMILES string of the molecule is O=C(COc1ccc(Cl)cc1Cl)Nc1cccc(C(=O)NCCO)c1. The first-order valence-corrected chi connectivity index (χ1v) is 8.12. The number of hydrogen-bond donors (Lipinski definition) is 3. The Labute approximate surface area is 154 Å². The predicted molar refractivity (Wildman–Crippen MR) is 96.4 cm³/mol. The lowest BCUT2D eigenvalue weighted by Crippen LogP contribution is -2.26. The van der Waals surface area contributed by atoms with E-state index < -0.39 is 5.91 Å². The summed E-state index contributed by atoms with van der Waals surface area (Å²) < 4.78 is 5.35. The number of carbonyl (C=O) groups is 2. The van der Waals surface area contributed by atoms with Crippen LogP contribution in [0.5, 0.6) is 5.75 Å². The van der Waals surface area contributed by atoms with Crippen LogP contribution in [0.3, 0.4) is 0 Å². The van der Waals surface area contributed by atoms with Crippen molar-refractivity contribution in [3.05, 3.63) is 58.1 Å². The predicted octanol–water partition coefficient (Wildman–Crippen LogP) is 2.73. The third-order valence-corrected chi connectivity index (χ3v) is 3.59. The van der Waals surface area contributed by atoms with E-state index in [1.165, 1.54) is 12.1 Å². The van der Waals surface area contributed by atoms with Gasteiger partial charge in [-0.25, -0.2) is 0 Å². The Bertz CT molecular complexity index is 768. The molecule has 0 unspecified atom stereocenters. The molecule has 0 heterocycles. The molecule has 0 spiro atoms. The number of ether oxygens (including phenoxy) is 1. The Morgan fingerprint density at radius 3 is 2.64 bits per heavy atom. The molecule has 25 heavy (non-hydrogen) atoms. The molecule has 0 bridgehead atoms. The summed E-state index contributed by atoms with van der Waals surface area (Å²) in [4.78, 5) is 23.8. The lowest BCUT2D eigenvalue weighted by atomic mass is 10.2. The molecule has 0 saturated heterocycles. The van der Waals surface area contributed by atoms with Crippen LogP contribution < -0.4 is 15.4 Å². The van der Waals surface area contributed by atoms with E-state index >= 15 is 0 Å². The minimum Gasteiger partial charge on any atom is -0.482 e. The van der Waals surface area contributed by atoms with Crippen LogP contribution in [0, 0.1) is 0 Å². The molecule has 2 amide bonds. The highest BCUT2D eigenvalue weighted by molar-refractivity contribution is 6.35. The summed E-state index contributed by atoms with van der Waals surface area (Å²) in [5.41, 5.74) is 0.820. The van der Waals surface area contributed by atoms with Crippen molar-refractivity contribution in [1.29, 1.82) is 0 Å². The van der Waals surface area contributed by atoms with Crippen molar-refractivity contribution < 1.29 is 19.4 Å². The van der Waals surface area contributed by atoms with Crippen LogP contribution in [-0.2, 0) is 4.79 Å². The average Bonchev–Trinajstić information content (AvgIpc) is 2.59. The zero-order valence-electron chi connectivity index (χ0n) is 13.1. The van der Waals surface area contributed by atoms with Gasteiger partial charge in [0, 0.05) is 22.8 Å². The van der Waals surface area contributed by atoms with Crippen LogP contribution in [0.1, 0.15) is 10.4 Å². The summed E-state index contributed by atoms with van der Waals surface area (Å²) in [6, 6.07) is 11.1. The minimum atomic E-state index is -0.404. The number of aliphatic hydroxyl groups is 1. The van der Waals surface area contributed by atoms with Crippen molar-refractivity contribution in [2.45, 2.75) is 0 Å². The second-order valence-electron chi connectivity index (χ2n) is 4.97. The molecule has 0 aliphatic carbocycles. The molecule has 2 aromatic carbocycles. The summed E-state index contributed by atoms with van der Waals surface area (Å²) in [5, 5.41) is 14.7. The number of rotatable bonds is 7. The van der Waals surface area contributed by atoms with E-state index in [1.807, 2.05) is 0 Å². The number of aliphatic hydroxyl groups excluding tert-OH is 1. The van der Waals surface area contributed by atoms with E-state index in [0.717, 1.165) is 0 Å². The topological polar surface area (TPSA) is 87.7 Å². The second kappa shape index (κ2) is 9.27. The Morgan fingerprint density at radius 1 is 1.12 bits per heavy atom. The molecule has 132 valence electrons. The van der Waals surface area contributed by atoms with Gasteiger partial charge in [-0.15, -0.1) is 0 Å². The van der Waals surface area contributed by atoms with Gasteiger partial charge in [-0.05, 0) is 36.4 Å². The average molecular weight is 383 g/mol. The molecule has 0 radical (unpaired) electrons. The zero-order chi connectivity index (χ0) is 18.2. The molecule has 0 saturated carbocycles. The lowest BCUT2D eigenvalue weighted by molar-refractivity contribution is -0.118. The van der Waals surface area contributed by atoms with Crippen LogP contribution in [-0.4, -0.2) is 36.7 Å². The molecule has 2 rings (SSSR count). The van der Waals surface area contributed by atoms with Gasteiger partial charge in [-0.2, -0.15) is 0 Å². The van der Waals surface area contributed by atoms with Crippen LogP contribution in [0.25, 0.3) is 0 Å². The molecular weight excluding hydrogens is 367 g/mol. The number of anilines is 1. The normalized spacial score (nSPS) is 10.2. The summed E-state index contributed by atoms with van der Waals surface area (Å²) >= 11 is 11.8. The Balaban J connectivity index is 1.93. The van der Waals surface area contributed by atoms with Crippen LogP contribution in [0.15, 0.2) is 42.5 Å². The molecule has 2 aromatic rings. The first-order chi connectivity index (χ1) is 12.0. The van der Waals surface area contributed by atoms with Crippen molar-refractivity contribution in [2.75, 3.05) is 25.1 Å². The van der Waals surface area contributed by atoms with Crippen molar-refractivity contribution in [3.8, 4) is 5.75 Å². The van der Waals surface area contributed by atoms with E-state index in [9.17, 15) is 9.59 Å². The maximum Gasteiger partial charge on any atom is 0.262 e. The summed E-state index contributed by atoms with van der Waals surface area (Å²) in [5.74, 6) is -0.397. The molecule has 6 nitrogen and oxygen atoms in total. The number of nitrogens with one attached hydrogen (secondary N) is 2. The number of carbonyl (C=O) groups excluding carboxylic acids is 2. The van der Waals surface area contributed by atoms with Crippen molar-refractivity contribution >= 4 is 40.7 Å². The first-order valence-electron chi connectivity index (χ1n) is 7.36. The maximum absolute atomic E-state index is 12.0. The van der Waals surface area contributed by atoms with E-state index in [-0.39, 0.29) is 25.7 Å². The van der Waals surface area contributed by atoms with Crippen molar-refractivity contribution in [2.24, 2.45) is 0 Å². The third kappa shape index (κ3) is 5.94. The van der Waals surface area contributed by atoms with E-state index in [1.54, 1.807) is 30.3 Å². The van der Waals surface area contributed by atoms with Crippen molar-refractivity contribution in [1.82, 2.24) is 5.32 Å². The molecule has 0 aliphatic rings. The van der Waals surface area contributed by atoms with E-state index in [0.29, 0.717) is 27.0 Å². The van der Waals surface area contributed by atoms with Gasteiger partial charge in [0.1, 0.15) is 5.75 Å². The highest BCUT2D eigenvalue weighted by Crippen LogP contribution is 2.27. The largest absolute Gasteiger partial charge is 0.482 e. The maximum atomic E-state index is 12.0. The molecule has 3 N–H and O–H groups in total. The van der Waals surface area contributed by atoms with Crippen molar-refractivity contribution in [3.63, 3.8) is 0 Å². The van der Waals surface area contributed by atoms with Crippen LogP contribution >= 0.6 is 23.2 Å². The molecule has 8 heteroatoms. The minimum absolute atomic E-state index is 0.146. The fourth-order valence-electron chi connectivity index (χ4n) is 1.94. The zero-order valence-corrected chi connectivity index (χ0v) is 14.6. The Kier molecular flexibility index (Phi) is 7.06. The van der Waals surface area contributed by atoms with Gasteiger partial charge in [-0.3, -0.25) is 9.59 Å². The van der Waals surface area contributed by atoms with Gasteiger partial charge >= 0.3 is 0 Å². The van der Waals surface area contributed by atoms with Gasteiger partial charge in [0.2, 0.25) is 0 Å². The quantitative estimate of drug-likeness (QED) is 0.686. The van der Waals surface area contributed by atoms with Gasteiger partial charge in [-0.1, -0.05) is 29.3 Å². The van der Waals surface area contributed by atoms with Crippen LogP contribution in [0.2, 0.25) is 10.0 Å². The summed E-state index contributed by atoms with van der Waals surface area (Å²) in [7, 11) is 0. The first kappa shape index (κ1) is 19.1. The number of hydrogen-bond acceptors (Lipinski definition) is 4. The molecule has 0 aromatic heterocycles. The van der Waals surface area contributed by atoms with Gasteiger partial charge in [0.15, 0.2) is 6.61 Å². The fourth-order valence-corrected chi connectivity index (χ4v) is 2.41. The lowest BCUT2D eigenvalue weighted by Gasteiger charge is -2.10. The Hall–Kier alpha value is -2.28. The van der Waals surface area contributed by atoms with E-state index in [2.05, 4.69) is 10.6 Å². The smallest absolute Gasteiger partial charge is 0.262 e. The number of halogens is 2. The van der Waals surface area contributed by atoms with Crippen LogP contribution in [0.4, 0.5) is 5.69 Å². The third-order valence-electron chi connectivity index (χ3n) is 3.06. The Morgan fingerprint density at radius 2 is 1.92 bits per heavy atom. The van der Waals surface area contributed by atoms with Gasteiger partial charge in [0.25, 0.3) is 11.8 Å². The number of amides is 2. The summed E-state index contributed by atoms with van der Waals surface area (Å²) in [6.45, 7) is -0.236. The monoisotopic (exact) mass is 382 g/mol. The fraction of sp³-hybridized carbons (Fsp3) is 0.176. The molecule has 0 atom stereocenters. The second-order valence-corrected chi connectivity index (χ2v) is 5.82. The molecule has 0 fully saturated rings. The van der Waals surface area contributed by atoms with Gasteiger partial charge in [0.05, 0.1) is 11.6 Å². The standard InChI is InChI=1S/C17H16Cl2N2O4/c18-12-4-5-15(14(19)9-12)25-10-16(23)21-13-3-1-2-11(8-13)17(24)20-6-7-22/h1-5,8-9,22H,6-7,10H2,(H,20,24)(H,21,23). The highest BCUT2D eigenvalue weighted by Gasteiger charge is 2.09. The number of benzene rings is 2.